The minimum Gasteiger partial charge on any atom is -0.352 e. The highest BCUT2D eigenvalue weighted by molar-refractivity contribution is 7.92. The lowest BCUT2D eigenvalue weighted by atomic mass is 10.0. The van der Waals surface area contributed by atoms with Crippen molar-refractivity contribution in [3.63, 3.8) is 0 Å². The van der Waals surface area contributed by atoms with Crippen molar-refractivity contribution in [3.05, 3.63) is 29.3 Å². The summed E-state index contributed by atoms with van der Waals surface area (Å²) in [5, 5.41) is 2.92. The molecular formula is C16H24N2O3S. The fourth-order valence-corrected chi connectivity index (χ4v) is 3.48. The van der Waals surface area contributed by atoms with Crippen LogP contribution in [0, 0.1) is 12.8 Å². The summed E-state index contributed by atoms with van der Waals surface area (Å²) < 4.78 is 25.1. The van der Waals surface area contributed by atoms with Crippen LogP contribution < -0.4 is 10.0 Å². The van der Waals surface area contributed by atoms with Gasteiger partial charge in [-0.2, -0.15) is 0 Å². The number of carbonyl (C=O) groups excluding carboxylic acids is 1. The number of hydrogen-bond donors (Lipinski definition) is 2. The zero-order chi connectivity index (χ0) is 16.2. The van der Waals surface area contributed by atoms with Crippen LogP contribution >= 0.6 is 0 Å². The van der Waals surface area contributed by atoms with Crippen LogP contribution in [0.4, 0.5) is 5.69 Å². The van der Waals surface area contributed by atoms with Gasteiger partial charge in [0, 0.05) is 12.1 Å². The quantitative estimate of drug-likeness (QED) is 0.845. The first-order valence-electron chi connectivity index (χ1n) is 7.72. The third-order valence-corrected chi connectivity index (χ3v) is 4.70. The lowest BCUT2D eigenvalue weighted by Crippen LogP contribution is -2.25. The van der Waals surface area contributed by atoms with E-state index >= 15 is 0 Å². The SMILES string of the molecule is Cc1ccc(C(=O)NCCC2CCCC2)cc1NS(C)(=O)=O. The molecule has 0 aliphatic heterocycles. The normalized spacial score (nSPS) is 15.7. The molecule has 1 saturated carbocycles. The van der Waals surface area contributed by atoms with Gasteiger partial charge in [-0.1, -0.05) is 31.7 Å². The van der Waals surface area contributed by atoms with Crippen molar-refractivity contribution >= 4 is 21.6 Å². The molecule has 0 heterocycles. The van der Waals surface area contributed by atoms with Crippen LogP contribution in [-0.4, -0.2) is 27.1 Å². The zero-order valence-corrected chi connectivity index (χ0v) is 14.0. The van der Waals surface area contributed by atoms with Gasteiger partial charge in [0.25, 0.3) is 5.91 Å². The lowest BCUT2D eigenvalue weighted by molar-refractivity contribution is 0.0951. The van der Waals surface area contributed by atoms with Crippen LogP contribution in [-0.2, 0) is 10.0 Å². The van der Waals surface area contributed by atoms with E-state index in [1.165, 1.54) is 25.7 Å². The first-order valence-corrected chi connectivity index (χ1v) is 9.61. The van der Waals surface area contributed by atoms with Gasteiger partial charge in [0.15, 0.2) is 0 Å². The Morgan fingerprint density at radius 1 is 1.27 bits per heavy atom. The minimum absolute atomic E-state index is 0.158. The summed E-state index contributed by atoms with van der Waals surface area (Å²) in [5.74, 6) is 0.579. The molecule has 0 saturated heterocycles. The van der Waals surface area contributed by atoms with E-state index in [0.29, 0.717) is 17.8 Å². The molecular weight excluding hydrogens is 300 g/mol. The summed E-state index contributed by atoms with van der Waals surface area (Å²) >= 11 is 0. The van der Waals surface area contributed by atoms with Gasteiger partial charge in [-0.05, 0) is 37.0 Å². The molecule has 2 rings (SSSR count). The minimum atomic E-state index is -3.35. The van der Waals surface area contributed by atoms with Crippen LogP contribution in [0.2, 0.25) is 0 Å². The maximum atomic E-state index is 12.2. The van der Waals surface area contributed by atoms with E-state index in [0.717, 1.165) is 24.2 Å². The van der Waals surface area contributed by atoms with Crippen molar-refractivity contribution in [1.82, 2.24) is 5.32 Å². The number of rotatable bonds is 6. The van der Waals surface area contributed by atoms with Gasteiger partial charge in [0.1, 0.15) is 0 Å². The molecule has 1 fully saturated rings. The monoisotopic (exact) mass is 324 g/mol. The molecule has 0 bridgehead atoms. The van der Waals surface area contributed by atoms with E-state index in [9.17, 15) is 13.2 Å². The van der Waals surface area contributed by atoms with Crippen molar-refractivity contribution in [2.45, 2.75) is 39.0 Å². The molecule has 1 aromatic carbocycles. The molecule has 5 nitrogen and oxygen atoms in total. The summed E-state index contributed by atoms with van der Waals surface area (Å²) in [4.78, 5) is 12.2. The first kappa shape index (κ1) is 16.8. The molecule has 0 radical (unpaired) electrons. The summed E-state index contributed by atoms with van der Waals surface area (Å²) in [6, 6.07) is 5.05. The number of sulfonamides is 1. The molecule has 1 aromatic rings. The molecule has 2 N–H and O–H groups in total. The number of aryl methyl sites for hydroxylation is 1. The number of carbonyl (C=O) groups is 1. The van der Waals surface area contributed by atoms with E-state index < -0.39 is 10.0 Å². The second-order valence-electron chi connectivity index (χ2n) is 6.10. The van der Waals surface area contributed by atoms with E-state index in [1.807, 2.05) is 0 Å². The molecule has 22 heavy (non-hydrogen) atoms. The topological polar surface area (TPSA) is 75.3 Å². The molecule has 1 amide bonds. The fourth-order valence-electron chi connectivity index (χ4n) is 2.86. The highest BCUT2D eigenvalue weighted by atomic mass is 32.2. The standard InChI is InChI=1S/C16H24N2O3S/c1-12-7-8-14(11-15(12)18-22(2,20)21)16(19)17-10-9-13-5-3-4-6-13/h7-8,11,13,18H,3-6,9-10H2,1-2H3,(H,17,19). The van der Waals surface area contributed by atoms with Gasteiger partial charge in [0.2, 0.25) is 10.0 Å². The highest BCUT2D eigenvalue weighted by Gasteiger charge is 2.15. The Kier molecular flexibility index (Phi) is 5.45. The van der Waals surface area contributed by atoms with Gasteiger partial charge in [0.05, 0.1) is 11.9 Å². The molecule has 0 atom stereocenters. The van der Waals surface area contributed by atoms with Gasteiger partial charge < -0.3 is 5.32 Å². The Bertz CT molecular complexity index is 635. The van der Waals surface area contributed by atoms with Gasteiger partial charge in [-0.3, -0.25) is 9.52 Å². The fraction of sp³-hybridized carbons (Fsp3) is 0.562. The number of anilines is 1. The largest absolute Gasteiger partial charge is 0.352 e. The summed E-state index contributed by atoms with van der Waals surface area (Å²) in [7, 11) is -3.35. The molecule has 0 aromatic heterocycles. The van der Waals surface area contributed by atoms with Crippen molar-refractivity contribution in [2.24, 2.45) is 5.92 Å². The number of amides is 1. The predicted molar refractivity (Wildman–Crippen MR) is 88.6 cm³/mol. The van der Waals surface area contributed by atoms with Crippen LogP contribution in [0.25, 0.3) is 0 Å². The molecule has 1 aliphatic carbocycles. The number of benzene rings is 1. The van der Waals surface area contributed by atoms with E-state index in [-0.39, 0.29) is 5.91 Å². The zero-order valence-electron chi connectivity index (χ0n) is 13.2. The number of nitrogens with one attached hydrogen (secondary N) is 2. The highest BCUT2D eigenvalue weighted by Crippen LogP contribution is 2.27. The van der Waals surface area contributed by atoms with Crippen LogP contribution in [0.15, 0.2) is 18.2 Å². The average molecular weight is 324 g/mol. The third-order valence-electron chi connectivity index (χ3n) is 4.11. The van der Waals surface area contributed by atoms with Gasteiger partial charge >= 0.3 is 0 Å². The molecule has 1 aliphatic rings. The van der Waals surface area contributed by atoms with Gasteiger partial charge in [-0.15, -0.1) is 0 Å². The van der Waals surface area contributed by atoms with Crippen molar-refractivity contribution in [3.8, 4) is 0 Å². The maximum absolute atomic E-state index is 12.2. The Labute approximate surface area is 132 Å². The van der Waals surface area contributed by atoms with Crippen LogP contribution in [0.1, 0.15) is 48.0 Å². The summed E-state index contributed by atoms with van der Waals surface area (Å²) in [6.45, 7) is 2.47. The number of hydrogen-bond acceptors (Lipinski definition) is 3. The Hall–Kier alpha value is -1.56. The molecule has 0 unspecified atom stereocenters. The Morgan fingerprint density at radius 2 is 1.95 bits per heavy atom. The van der Waals surface area contributed by atoms with Crippen molar-refractivity contribution < 1.29 is 13.2 Å². The van der Waals surface area contributed by atoms with Crippen LogP contribution in [0.3, 0.4) is 0 Å². The maximum Gasteiger partial charge on any atom is 0.251 e. The molecule has 0 spiro atoms. The van der Waals surface area contributed by atoms with Crippen molar-refractivity contribution in [2.75, 3.05) is 17.5 Å². The average Bonchev–Trinajstić information content (AvgIpc) is 2.93. The first-order chi connectivity index (χ1) is 10.3. The lowest BCUT2D eigenvalue weighted by Gasteiger charge is -2.12. The second-order valence-corrected chi connectivity index (χ2v) is 7.85. The Morgan fingerprint density at radius 3 is 2.59 bits per heavy atom. The van der Waals surface area contributed by atoms with E-state index in [4.69, 9.17) is 0 Å². The van der Waals surface area contributed by atoms with Crippen LogP contribution in [0.5, 0.6) is 0 Å². The van der Waals surface area contributed by atoms with Gasteiger partial charge in [-0.25, -0.2) is 8.42 Å². The predicted octanol–water partition coefficient (Wildman–Crippen LogP) is 2.68. The van der Waals surface area contributed by atoms with Crippen molar-refractivity contribution in [1.29, 1.82) is 0 Å². The third kappa shape index (κ3) is 5.02. The Balaban J connectivity index is 1.95. The second kappa shape index (κ2) is 7.13. The smallest absolute Gasteiger partial charge is 0.251 e. The molecule has 122 valence electrons. The molecule has 6 heteroatoms. The van der Waals surface area contributed by atoms with E-state index in [1.54, 1.807) is 25.1 Å². The summed E-state index contributed by atoms with van der Waals surface area (Å²) in [5.41, 5.74) is 1.71. The summed E-state index contributed by atoms with van der Waals surface area (Å²) in [6.07, 6.45) is 7.26. The van der Waals surface area contributed by atoms with E-state index in [2.05, 4.69) is 10.0 Å².